The molecule has 1 amide bonds. The molecule has 3 heterocycles. The topological polar surface area (TPSA) is 73.7 Å². The molecule has 1 aliphatic carbocycles. The van der Waals surface area contributed by atoms with Crippen LogP contribution in [0.15, 0.2) is 12.4 Å². The molecule has 0 N–H and O–H groups in total. The third-order valence-corrected chi connectivity index (χ3v) is 5.76. The molecule has 1 saturated carbocycles. The number of hydrogen-bond donors (Lipinski definition) is 0. The first-order chi connectivity index (χ1) is 10.9. The van der Waals surface area contributed by atoms with Crippen LogP contribution in [0, 0.1) is 17.3 Å². The molecule has 0 spiro atoms. The summed E-state index contributed by atoms with van der Waals surface area (Å²) < 4.78 is 11.9. The van der Waals surface area contributed by atoms with E-state index in [-0.39, 0.29) is 29.3 Å². The Morgan fingerprint density at radius 2 is 2.13 bits per heavy atom. The van der Waals surface area contributed by atoms with Crippen LogP contribution in [0.4, 0.5) is 0 Å². The van der Waals surface area contributed by atoms with Crippen molar-refractivity contribution in [2.45, 2.75) is 25.9 Å². The van der Waals surface area contributed by atoms with Gasteiger partial charge in [-0.3, -0.25) is 9.48 Å². The predicted octanol–water partition coefficient (Wildman–Crippen LogP) is 0.724. The van der Waals surface area contributed by atoms with Crippen LogP contribution < -0.4 is 0 Å². The standard InChI is InChI=1S/C16H21N3O4/c1-16(2)11-6-18(13(12(11)16)15(21)22-3)14(20)9-4-17-19(5-9)10-7-23-8-10/h4-5,10-13H,6-8H2,1-3H3/t11-,12-,13-/m0/s1. The van der Waals surface area contributed by atoms with Crippen LogP contribution in [-0.4, -0.2) is 59.5 Å². The number of likely N-dealkylation sites (tertiary alicyclic amines) is 1. The quantitative estimate of drug-likeness (QED) is 0.768. The highest BCUT2D eigenvalue weighted by atomic mass is 16.5. The number of piperidine rings is 1. The number of fused-ring (bicyclic) bond motifs is 1. The van der Waals surface area contributed by atoms with Crippen LogP contribution in [0.2, 0.25) is 0 Å². The number of ether oxygens (including phenoxy) is 2. The highest BCUT2D eigenvalue weighted by Crippen LogP contribution is 2.65. The molecular weight excluding hydrogens is 298 g/mol. The summed E-state index contributed by atoms with van der Waals surface area (Å²) in [5.74, 6) is 0.0886. The molecule has 7 nitrogen and oxygen atoms in total. The normalized spacial score (nSPS) is 31.4. The van der Waals surface area contributed by atoms with E-state index < -0.39 is 6.04 Å². The van der Waals surface area contributed by atoms with Gasteiger partial charge in [-0.2, -0.15) is 5.10 Å². The third kappa shape index (κ3) is 2.02. The zero-order valence-corrected chi connectivity index (χ0v) is 13.6. The molecule has 3 aliphatic rings. The van der Waals surface area contributed by atoms with Crippen molar-refractivity contribution >= 4 is 11.9 Å². The number of rotatable bonds is 3. The van der Waals surface area contributed by atoms with Gasteiger partial charge in [0.05, 0.1) is 38.1 Å². The molecule has 1 aromatic rings. The summed E-state index contributed by atoms with van der Waals surface area (Å²) in [7, 11) is 1.38. The molecule has 124 valence electrons. The van der Waals surface area contributed by atoms with Gasteiger partial charge in [-0.05, 0) is 11.3 Å². The molecule has 7 heteroatoms. The maximum Gasteiger partial charge on any atom is 0.328 e. The summed E-state index contributed by atoms with van der Waals surface area (Å²) in [5, 5.41) is 4.25. The summed E-state index contributed by atoms with van der Waals surface area (Å²) in [5.41, 5.74) is 0.619. The van der Waals surface area contributed by atoms with Gasteiger partial charge in [0.25, 0.3) is 5.91 Å². The van der Waals surface area contributed by atoms with Crippen molar-refractivity contribution in [2.24, 2.45) is 17.3 Å². The minimum atomic E-state index is -0.483. The Hall–Kier alpha value is -1.89. The van der Waals surface area contributed by atoms with E-state index in [4.69, 9.17) is 9.47 Å². The molecule has 2 saturated heterocycles. The first kappa shape index (κ1) is 14.7. The molecule has 3 atom stereocenters. The largest absolute Gasteiger partial charge is 0.467 e. The fourth-order valence-electron chi connectivity index (χ4n) is 4.08. The number of carbonyl (C=O) groups is 2. The van der Waals surface area contributed by atoms with Gasteiger partial charge in [-0.15, -0.1) is 0 Å². The Morgan fingerprint density at radius 3 is 2.74 bits per heavy atom. The number of hydrogen-bond acceptors (Lipinski definition) is 5. The van der Waals surface area contributed by atoms with E-state index in [0.717, 1.165) is 0 Å². The van der Waals surface area contributed by atoms with E-state index >= 15 is 0 Å². The lowest BCUT2D eigenvalue weighted by molar-refractivity contribution is -0.146. The van der Waals surface area contributed by atoms with Crippen LogP contribution in [0.3, 0.4) is 0 Å². The summed E-state index contributed by atoms with van der Waals surface area (Å²) in [6.07, 6.45) is 3.32. The minimum Gasteiger partial charge on any atom is -0.467 e. The lowest BCUT2D eigenvalue weighted by Gasteiger charge is -2.28. The van der Waals surface area contributed by atoms with Crippen molar-refractivity contribution in [2.75, 3.05) is 26.9 Å². The molecule has 0 bridgehead atoms. The number of amides is 1. The lowest BCUT2D eigenvalue weighted by atomic mass is 10.0. The van der Waals surface area contributed by atoms with Crippen molar-refractivity contribution in [3.63, 3.8) is 0 Å². The van der Waals surface area contributed by atoms with Crippen molar-refractivity contribution in [3.05, 3.63) is 18.0 Å². The molecule has 0 radical (unpaired) electrons. The maximum atomic E-state index is 12.8. The molecule has 1 aromatic heterocycles. The Kier molecular flexibility index (Phi) is 3.07. The Labute approximate surface area is 134 Å². The number of esters is 1. The van der Waals surface area contributed by atoms with E-state index in [1.807, 2.05) is 0 Å². The molecule has 3 fully saturated rings. The molecule has 23 heavy (non-hydrogen) atoms. The van der Waals surface area contributed by atoms with Gasteiger partial charge >= 0.3 is 5.97 Å². The summed E-state index contributed by atoms with van der Waals surface area (Å²) >= 11 is 0. The van der Waals surface area contributed by atoms with Gasteiger partial charge in [0.1, 0.15) is 6.04 Å². The molecular formula is C16H21N3O4. The molecule has 4 rings (SSSR count). The van der Waals surface area contributed by atoms with E-state index in [1.54, 1.807) is 22.0 Å². The summed E-state index contributed by atoms with van der Waals surface area (Å²) in [6, 6.07) is -0.276. The number of aromatic nitrogens is 2. The van der Waals surface area contributed by atoms with Crippen LogP contribution in [0.25, 0.3) is 0 Å². The van der Waals surface area contributed by atoms with Gasteiger partial charge in [0.2, 0.25) is 0 Å². The third-order valence-electron chi connectivity index (χ3n) is 5.76. The second-order valence-electron chi connectivity index (χ2n) is 7.28. The van der Waals surface area contributed by atoms with Crippen LogP contribution in [0.5, 0.6) is 0 Å². The fraction of sp³-hybridized carbons (Fsp3) is 0.688. The summed E-state index contributed by atoms with van der Waals surface area (Å²) in [4.78, 5) is 26.7. The van der Waals surface area contributed by atoms with Crippen molar-refractivity contribution in [3.8, 4) is 0 Å². The Bertz CT molecular complexity index is 664. The van der Waals surface area contributed by atoms with Gasteiger partial charge in [0, 0.05) is 18.7 Å². The first-order valence-corrected chi connectivity index (χ1v) is 7.96. The van der Waals surface area contributed by atoms with Crippen molar-refractivity contribution in [1.29, 1.82) is 0 Å². The van der Waals surface area contributed by atoms with Gasteiger partial charge in [-0.25, -0.2) is 4.79 Å². The average molecular weight is 319 g/mol. The smallest absolute Gasteiger partial charge is 0.328 e. The minimum absolute atomic E-state index is 0.100. The highest BCUT2D eigenvalue weighted by molar-refractivity contribution is 5.97. The zero-order chi connectivity index (χ0) is 16.4. The Balaban J connectivity index is 1.55. The molecule has 2 aliphatic heterocycles. The molecule has 0 aromatic carbocycles. The van der Waals surface area contributed by atoms with Crippen molar-refractivity contribution in [1.82, 2.24) is 14.7 Å². The number of methoxy groups -OCH3 is 1. The van der Waals surface area contributed by atoms with Crippen LogP contribution >= 0.6 is 0 Å². The molecule has 0 unspecified atom stereocenters. The van der Waals surface area contributed by atoms with E-state index in [1.165, 1.54) is 7.11 Å². The zero-order valence-electron chi connectivity index (χ0n) is 13.6. The fourth-order valence-corrected chi connectivity index (χ4v) is 4.08. The Morgan fingerprint density at radius 1 is 1.39 bits per heavy atom. The van der Waals surface area contributed by atoms with E-state index in [9.17, 15) is 9.59 Å². The predicted molar refractivity (Wildman–Crippen MR) is 79.7 cm³/mol. The number of nitrogens with zero attached hydrogens (tertiary/aromatic N) is 3. The first-order valence-electron chi connectivity index (χ1n) is 7.96. The second kappa shape index (κ2) is 4.80. The SMILES string of the molecule is COC(=O)[C@@H]1[C@@H]2[C@H](CN1C(=O)c1cnn(C3COC3)c1)C2(C)C. The van der Waals surface area contributed by atoms with E-state index in [0.29, 0.717) is 31.2 Å². The highest BCUT2D eigenvalue weighted by Gasteiger charge is 2.69. The average Bonchev–Trinajstić information content (AvgIpc) is 2.92. The van der Waals surface area contributed by atoms with Crippen LogP contribution in [-0.2, 0) is 14.3 Å². The lowest BCUT2D eigenvalue weighted by Crippen LogP contribution is -2.45. The number of carbonyl (C=O) groups excluding carboxylic acids is 2. The van der Waals surface area contributed by atoms with Gasteiger partial charge in [-0.1, -0.05) is 13.8 Å². The van der Waals surface area contributed by atoms with Crippen molar-refractivity contribution < 1.29 is 19.1 Å². The van der Waals surface area contributed by atoms with E-state index in [2.05, 4.69) is 18.9 Å². The van der Waals surface area contributed by atoms with Crippen LogP contribution in [0.1, 0.15) is 30.2 Å². The van der Waals surface area contributed by atoms with Gasteiger partial charge < -0.3 is 14.4 Å². The summed E-state index contributed by atoms with van der Waals surface area (Å²) in [6.45, 7) is 6.15. The second-order valence-corrected chi connectivity index (χ2v) is 7.28. The van der Waals surface area contributed by atoms with Gasteiger partial charge in [0.15, 0.2) is 0 Å². The maximum absolute atomic E-state index is 12.8. The monoisotopic (exact) mass is 319 g/mol.